The van der Waals surface area contributed by atoms with Crippen LogP contribution in [0.25, 0.3) is 11.6 Å². The second-order valence-corrected chi connectivity index (χ2v) is 4.52. The molecule has 0 N–H and O–H groups in total. The highest BCUT2D eigenvalue weighted by Crippen LogP contribution is 2.26. The third-order valence-electron chi connectivity index (χ3n) is 2.80. The van der Waals surface area contributed by atoms with Gasteiger partial charge in [-0.1, -0.05) is 17.7 Å². The molecule has 2 rings (SSSR count). The minimum Gasteiger partial charge on any atom is -0.258 e. The van der Waals surface area contributed by atoms with E-state index < -0.39 is 10.7 Å². The van der Waals surface area contributed by atoms with Gasteiger partial charge in [0.05, 0.1) is 21.6 Å². The first-order valence-electron chi connectivity index (χ1n) is 5.83. The lowest BCUT2D eigenvalue weighted by atomic mass is 10.0. The molecule has 0 saturated heterocycles. The number of nitro groups is 1. The summed E-state index contributed by atoms with van der Waals surface area (Å²) in [6.07, 6.45) is 1.32. The average Bonchev–Trinajstić information content (AvgIpc) is 2.47. The van der Waals surface area contributed by atoms with E-state index in [-0.39, 0.29) is 21.8 Å². The number of nitriles is 1. The second-order valence-electron chi connectivity index (χ2n) is 4.11. The highest BCUT2D eigenvalue weighted by molar-refractivity contribution is 6.32. The standard InChI is InChI=1S/C15H8ClFN2O2/c16-14-2-1-3-15(17)13(14)8-11(9-18)10-4-6-12(7-5-10)19(20)21/h1-8H/b11-8-. The van der Waals surface area contributed by atoms with Gasteiger partial charge in [0.15, 0.2) is 0 Å². The predicted molar refractivity (Wildman–Crippen MR) is 78.0 cm³/mol. The summed E-state index contributed by atoms with van der Waals surface area (Å²) in [6, 6.07) is 11.6. The molecule has 0 spiro atoms. The predicted octanol–water partition coefficient (Wildman–Crippen LogP) is 4.45. The lowest BCUT2D eigenvalue weighted by molar-refractivity contribution is -0.384. The zero-order valence-corrected chi connectivity index (χ0v) is 11.3. The van der Waals surface area contributed by atoms with Gasteiger partial charge in [0.25, 0.3) is 5.69 Å². The smallest absolute Gasteiger partial charge is 0.258 e. The lowest BCUT2D eigenvalue weighted by Gasteiger charge is -2.03. The normalized spacial score (nSPS) is 11.0. The molecule has 0 heterocycles. The van der Waals surface area contributed by atoms with E-state index in [1.807, 2.05) is 6.07 Å². The first kappa shape index (κ1) is 14.7. The van der Waals surface area contributed by atoms with E-state index in [2.05, 4.69) is 0 Å². The Morgan fingerprint density at radius 2 is 1.95 bits per heavy atom. The van der Waals surface area contributed by atoms with Crippen LogP contribution in [0.5, 0.6) is 0 Å². The van der Waals surface area contributed by atoms with Crippen molar-refractivity contribution in [1.82, 2.24) is 0 Å². The number of halogens is 2. The molecule has 0 atom stereocenters. The molecule has 0 amide bonds. The van der Waals surface area contributed by atoms with E-state index in [1.54, 1.807) is 0 Å². The molecule has 0 unspecified atom stereocenters. The first-order chi connectivity index (χ1) is 10.0. The molecule has 6 heteroatoms. The van der Waals surface area contributed by atoms with Crippen LogP contribution in [0, 0.1) is 27.3 Å². The zero-order valence-electron chi connectivity index (χ0n) is 10.6. The van der Waals surface area contributed by atoms with Gasteiger partial charge in [-0.25, -0.2) is 4.39 Å². The fraction of sp³-hybridized carbons (Fsp3) is 0. The van der Waals surface area contributed by atoms with E-state index in [0.29, 0.717) is 5.56 Å². The van der Waals surface area contributed by atoms with Gasteiger partial charge in [-0.3, -0.25) is 10.1 Å². The zero-order chi connectivity index (χ0) is 15.4. The van der Waals surface area contributed by atoms with Crippen molar-refractivity contribution in [2.24, 2.45) is 0 Å². The van der Waals surface area contributed by atoms with Crippen LogP contribution in [-0.2, 0) is 0 Å². The minimum absolute atomic E-state index is 0.0834. The Morgan fingerprint density at radius 1 is 1.29 bits per heavy atom. The van der Waals surface area contributed by atoms with Crippen LogP contribution >= 0.6 is 11.6 Å². The van der Waals surface area contributed by atoms with Crippen LogP contribution in [0.2, 0.25) is 5.02 Å². The van der Waals surface area contributed by atoms with Crippen LogP contribution in [-0.4, -0.2) is 4.92 Å². The number of rotatable bonds is 3. The topological polar surface area (TPSA) is 66.9 Å². The Balaban J connectivity index is 2.47. The number of nitro benzene ring substituents is 1. The molecular formula is C15H8ClFN2O2. The van der Waals surface area contributed by atoms with E-state index in [9.17, 15) is 19.8 Å². The molecule has 21 heavy (non-hydrogen) atoms. The monoisotopic (exact) mass is 302 g/mol. The van der Waals surface area contributed by atoms with Crippen molar-refractivity contribution in [3.05, 3.63) is 74.5 Å². The summed E-state index contributed by atoms with van der Waals surface area (Å²) in [4.78, 5) is 10.1. The molecule has 0 saturated carbocycles. The molecule has 104 valence electrons. The van der Waals surface area contributed by atoms with Crippen molar-refractivity contribution in [3.8, 4) is 6.07 Å². The van der Waals surface area contributed by atoms with Crippen LogP contribution in [0.4, 0.5) is 10.1 Å². The van der Waals surface area contributed by atoms with Gasteiger partial charge >= 0.3 is 0 Å². The maximum atomic E-state index is 13.7. The summed E-state index contributed by atoms with van der Waals surface area (Å²) in [5.74, 6) is -0.544. The van der Waals surface area contributed by atoms with Gasteiger partial charge < -0.3 is 0 Å². The number of benzene rings is 2. The number of hydrogen-bond acceptors (Lipinski definition) is 3. The van der Waals surface area contributed by atoms with Crippen molar-refractivity contribution in [2.45, 2.75) is 0 Å². The number of allylic oxidation sites excluding steroid dienone is 1. The first-order valence-corrected chi connectivity index (χ1v) is 6.21. The molecule has 4 nitrogen and oxygen atoms in total. The summed E-state index contributed by atoms with van der Waals surface area (Å²) < 4.78 is 13.7. The lowest BCUT2D eigenvalue weighted by Crippen LogP contribution is -1.89. The highest BCUT2D eigenvalue weighted by atomic mass is 35.5. The van der Waals surface area contributed by atoms with Gasteiger partial charge in [0.1, 0.15) is 5.82 Å². The van der Waals surface area contributed by atoms with Gasteiger partial charge in [0, 0.05) is 17.7 Å². The van der Waals surface area contributed by atoms with Crippen LogP contribution in [0.15, 0.2) is 42.5 Å². The van der Waals surface area contributed by atoms with Crippen molar-refractivity contribution in [3.63, 3.8) is 0 Å². The van der Waals surface area contributed by atoms with E-state index >= 15 is 0 Å². The summed E-state index contributed by atoms with van der Waals surface area (Å²) >= 11 is 5.90. The van der Waals surface area contributed by atoms with Crippen molar-refractivity contribution in [2.75, 3.05) is 0 Å². The van der Waals surface area contributed by atoms with Crippen LogP contribution < -0.4 is 0 Å². The average molecular weight is 303 g/mol. The molecule has 0 aliphatic rings. The largest absolute Gasteiger partial charge is 0.269 e. The van der Waals surface area contributed by atoms with Gasteiger partial charge in [-0.05, 0) is 35.9 Å². The van der Waals surface area contributed by atoms with E-state index in [4.69, 9.17) is 11.6 Å². The molecule has 2 aromatic rings. The summed E-state index contributed by atoms with van der Waals surface area (Å²) in [7, 11) is 0. The quantitative estimate of drug-likeness (QED) is 0.364. The molecule has 0 aliphatic carbocycles. The molecule has 0 bridgehead atoms. The molecule has 0 fully saturated rings. The third kappa shape index (κ3) is 3.25. The van der Waals surface area contributed by atoms with Crippen molar-refractivity contribution in [1.29, 1.82) is 5.26 Å². The maximum absolute atomic E-state index is 13.7. The highest BCUT2D eigenvalue weighted by Gasteiger charge is 2.09. The summed E-state index contributed by atoms with van der Waals surface area (Å²) in [5, 5.41) is 20.0. The van der Waals surface area contributed by atoms with Crippen LogP contribution in [0.1, 0.15) is 11.1 Å². The van der Waals surface area contributed by atoms with E-state index in [0.717, 1.165) is 0 Å². The molecule has 0 radical (unpaired) electrons. The second kappa shape index (κ2) is 6.16. The molecular weight excluding hydrogens is 295 g/mol. The number of non-ortho nitro benzene ring substituents is 1. The van der Waals surface area contributed by atoms with Gasteiger partial charge in [-0.2, -0.15) is 5.26 Å². The fourth-order valence-electron chi connectivity index (χ4n) is 1.74. The Kier molecular flexibility index (Phi) is 4.31. The van der Waals surface area contributed by atoms with Gasteiger partial charge in [-0.15, -0.1) is 0 Å². The minimum atomic E-state index is -0.544. The molecule has 0 aromatic heterocycles. The third-order valence-corrected chi connectivity index (χ3v) is 3.13. The number of nitrogens with zero attached hydrogens (tertiary/aromatic N) is 2. The maximum Gasteiger partial charge on any atom is 0.269 e. The SMILES string of the molecule is N#C/C(=C/c1c(F)cccc1Cl)c1ccc([N+](=O)[O-])cc1. The Hall–Kier alpha value is -2.71. The molecule has 0 aliphatic heterocycles. The van der Waals surface area contributed by atoms with E-state index in [1.165, 1.54) is 48.5 Å². The van der Waals surface area contributed by atoms with Crippen molar-refractivity contribution >= 4 is 28.9 Å². The van der Waals surface area contributed by atoms with Crippen molar-refractivity contribution < 1.29 is 9.31 Å². The van der Waals surface area contributed by atoms with Crippen LogP contribution in [0.3, 0.4) is 0 Å². The Bertz CT molecular complexity index is 744. The molecule has 2 aromatic carbocycles. The fourth-order valence-corrected chi connectivity index (χ4v) is 1.95. The van der Waals surface area contributed by atoms with Gasteiger partial charge in [0.2, 0.25) is 0 Å². The number of hydrogen-bond donors (Lipinski definition) is 0. The Morgan fingerprint density at radius 3 is 2.48 bits per heavy atom. The summed E-state index contributed by atoms with van der Waals surface area (Å²) in [5.41, 5.74) is 0.633. The summed E-state index contributed by atoms with van der Waals surface area (Å²) in [6.45, 7) is 0. The Labute approximate surface area is 124 Å².